The summed E-state index contributed by atoms with van der Waals surface area (Å²) in [6, 6.07) is 9.66. The average Bonchev–Trinajstić information content (AvgIpc) is 3.71. The number of carbonyl (C=O) groups is 1. The lowest BCUT2D eigenvalue weighted by Crippen LogP contribution is -2.25. The lowest BCUT2D eigenvalue weighted by molar-refractivity contribution is -0.115. The molecule has 2 N–H and O–H groups in total. The Labute approximate surface area is 224 Å². The molecule has 0 radical (unpaired) electrons. The summed E-state index contributed by atoms with van der Waals surface area (Å²) in [7, 11) is 0. The number of nitrogens with one attached hydrogen (secondary N) is 2. The van der Waals surface area contributed by atoms with Crippen LogP contribution in [0.4, 0.5) is 10.1 Å². The third-order valence-corrected chi connectivity index (χ3v) is 7.48. The molecule has 0 saturated heterocycles. The third-order valence-electron chi connectivity index (χ3n) is 7.19. The second-order valence-electron chi connectivity index (χ2n) is 9.65. The van der Waals surface area contributed by atoms with Gasteiger partial charge in [0.1, 0.15) is 18.0 Å². The summed E-state index contributed by atoms with van der Waals surface area (Å²) in [5.74, 6) is 0.274. The fourth-order valence-corrected chi connectivity index (χ4v) is 5.52. The maximum atomic E-state index is 15.3. The topological polar surface area (TPSA) is 136 Å². The minimum Gasteiger partial charge on any atom is -0.340 e. The highest BCUT2D eigenvalue weighted by Gasteiger charge is 2.34. The average molecular weight is 544 g/mol. The summed E-state index contributed by atoms with van der Waals surface area (Å²) in [5.41, 5.74) is 3.52. The van der Waals surface area contributed by atoms with Gasteiger partial charge in [0.2, 0.25) is 5.91 Å². The molecule has 2 atom stereocenters. The highest BCUT2D eigenvalue weighted by Crippen LogP contribution is 2.39. The molecule has 5 aromatic rings. The molecule has 5 heterocycles. The Kier molecular flexibility index (Phi) is 5.20. The van der Waals surface area contributed by atoms with Crippen molar-refractivity contribution in [1.29, 1.82) is 0 Å². The monoisotopic (exact) mass is 543 g/mol. The van der Waals surface area contributed by atoms with Crippen molar-refractivity contribution in [2.75, 3.05) is 5.32 Å². The van der Waals surface area contributed by atoms with Gasteiger partial charge in [-0.1, -0.05) is 30.7 Å². The second kappa shape index (κ2) is 8.67. The van der Waals surface area contributed by atoms with Crippen LogP contribution in [0.15, 0.2) is 53.7 Å². The molecule has 11 nitrogen and oxygen atoms in total. The Hall–Kier alpha value is -4.71. The smallest absolute Gasteiger partial charge is 0.254 e. The molecule has 2 aliphatic heterocycles. The number of carbonyl (C=O) groups excluding carboxylic acids is 1. The van der Waals surface area contributed by atoms with Crippen molar-refractivity contribution in [1.82, 2.24) is 39.7 Å². The van der Waals surface area contributed by atoms with Crippen LogP contribution in [0.25, 0.3) is 28.2 Å². The predicted octanol–water partition coefficient (Wildman–Crippen LogP) is 3.66. The quantitative estimate of drug-likeness (QED) is 0.353. The standard InChI is InChI=1S/C26H19ClFN9O2/c1-12-6-20(25-29-10-18(32-25)13-2-3-14-8-21(38)31-16(14)7-13)37-22(39)9-17(33-26(12)37)23-19(36-11-30-34-35-36)5-4-15(27)24(23)28/h2-5,7,9-12,20H,6,8H2,1H3,(H,29,32)(H,31,38). The number of hydrogen-bond acceptors (Lipinski definition) is 7. The lowest BCUT2D eigenvalue weighted by Gasteiger charge is -2.15. The van der Waals surface area contributed by atoms with Crippen LogP contribution in [0.3, 0.4) is 0 Å². The van der Waals surface area contributed by atoms with Gasteiger partial charge in [-0.2, -0.15) is 4.68 Å². The fourth-order valence-electron chi connectivity index (χ4n) is 5.36. The number of rotatable bonds is 4. The van der Waals surface area contributed by atoms with Crippen molar-refractivity contribution < 1.29 is 9.18 Å². The van der Waals surface area contributed by atoms with Gasteiger partial charge < -0.3 is 10.3 Å². The van der Waals surface area contributed by atoms with E-state index < -0.39 is 5.82 Å². The highest BCUT2D eigenvalue weighted by atomic mass is 35.5. The number of nitrogens with zero attached hydrogens (tertiary/aromatic N) is 7. The zero-order valence-electron chi connectivity index (χ0n) is 20.4. The number of H-pyrrole nitrogens is 1. The molecular weight excluding hydrogens is 525 g/mol. The Morgan fingerprint density at radius 2 is 2.03 bits per heavy atom. The van der Waals surface area contributed by atoms with Crippen LogP contribution >= 0.6 is 11.6 Å². The molecule has 0 aliphatic carbocycles. The Morgan fingerprint density at radius 1 is 1.15 bits per heavy atom. The number of aromatic nitrogens is 8. The van der Waals surface area contributed by atoms with Crippen molar-refractivity contribution in [3.63, 3.8) is 0 Å². The van der Waals surface area contributed by atoms with Crippen LogP contribution < -0.4 is 10.9 Å². The maximum Gasteiger partial charge on any atom is 0.254 e. The summed E-state index contributed by atoms with van der Waals surface area (Å²) >= 11 is 6.10. The summed E-state index contributed by atoms with van der Waals surface area (Å²) < 4.78 is 18.2. The Morgan fingerprint density at radius 3 is 2.85 bits per heavy atom. The van der Waals surface area contributed by atoms with Crippen LogP contribution in [0.1, 0.15) is 42.5 Å². The van der Waals surface area contributed by atoms with Gasteiger partial charge >= 0.3 is 0 Å². The first-order chi connectivity index (χ1) is 18.9. The predicted molar refractivity (Wildman–Crippen MR) is 139 cm³/mol. The van der Waals surface area contributed by atoms with Crippen LogP contribution in [-0.2, 0) is 11.2 Å². The highest BCUT2D eigenvalue weighted by molar-refractivity contribution is 6.31. The zero-order valence-corrected chi connectivity index (χ0v) is 21.1. The number of tetrazole rings is 1. The zero-order chi connectivity index (χ0) is 26.8. The van der Waals surface area contributed by atoms with Gasteiger partial charge in [0.15, 0.2) is 5.82 Å². The van der Waals surface area contributed by atoms with E-state index >= 15 is 4.39 Å². The number of amides is 1. The third kappa shape index (κ3) is 3.75. The summed E-state index contributed by atoms with van der Waals surface area (Å²) in [4.78, 5) is 37.9. The van der Waals surface area contributed by atoms with Gasteiger partial charge in [0.05, 0.1) is 46.3 Å². The van der Waals surface area contributed by atoms with Gasteiger partial charge in [-0.05, 0) is 40.6 Å². The molecule has 2 unspecified atom stereocenters. The van der Waals surface area contributed by atoms with Crippen LogP contribution in [0, 0.1) is 5.82 Å². The van der Waals surface area contributed by atoms with E-state index in [0.29, 0.717) is 30.2 Å². The number of imidazole rings is 1. The first-order valence-electron chi connectivity index (χ1n) is 12.2. The first-order valence-corrected chi connectivity index (χ1v) is 12.6. The fraction of sp³-hybridized carbons (Fsp3) is 0.192. The van der Waals surface area contributed by atoms with Gasteiger partial charge in [0.25, 0.3) is 5.56 Å². The van der Waals surface area contributed by atoms with Crippen molar-refractivity contribution >= 4 is 23.2 Å². The summed E-state index contributed by atoms with van der Waals surface area (Å²) in [6.07, 6.45) is 3.99. The van der Waals surface area contributed by atoms with Crippen molar-refractivity contribution in [3.05, 3.63) is 87.3 Å². The number of fused-ring (bicyclic) bond motifs is 2. The van der Waals surface area contributed by atoms with Crippen LogP contribution in [0.5, 0.6) is 0 Å². The van der Waals surface area contributed by atoms with Crippen molar-refractivity contribution in [3.8, 4) is 28.2 Å². The molecule has 3 aromatic heterocycles. The molecular formula is C26H19ClFN9O2. The first kappa shape index (κ1) is 23.4. The molecule has 0 spiro atoms. The second-order valence-corrected chi connectivity index (χ2v) is 10.1. The molecule has 194 valence electrons. The number of halogens is 2. The van der Waals surface area contributed by atoms with Crippen molar-refractivity contribution in [2.24, 2.45) is 0 Å². The number of anilines is 1. The molecule has 2 aliphatic rings. The van der Waals surface area contributed by atoms with Crippen LogP contribution in [-0.4, -0.2) is 45.6 Å². The molecule has 0 bridgehead atoms. The number of hydrogen-bond donors (Lipinski definition) is 2. The largest absolute Gasteiger partial charge is 0.340 e. The van der Waals surface area contributed by atoms with E-state index in [1.807, 2.05) is 25.1 Å². The van der Waals surface area contributed by atoms with E-state index in [1.165, 1.54) is 23.1 Å². The Bertz CT molecular complexity index is 1850. The SMILES string of the molecule is CC1CC(c2ncc(-c3ccc4c(c3)NC(=O)C4)[nH]2)n2c1nc(-c1c(-n3cnnn3)ccc(Cl)c1F)cc2=O. The van der Waals surface area contributed by atoms with Crippen molar-refractivity contribution in [2.45, 2.75) is 31.7 Å². The van der Waals surface area contributed by atoms with Gasteiger partial charge in [-0.3, -0.25) is 14.2 Å². The Balaban J connectivity index is 1.28. The number of benzene rings is 2. The maximum absolute atomic E-state index is 15.3. The van der Waals surface area contributed by atoms with E-state index in [9.17, 15) is 9.59 Å². The molecule has 0 saturated carbocycles. The molecule has 2 aromatic carbocycles. The van der Waals surface area contributed by atoms with E-state index in [2.05, 4.69) is 30.8 Å². The molecule has 13 heteroatoms. The molecule has 7 rings (SSSR count). The molecule has 39 heavy (non-hydrogen) atoms. The summed E-state index contributed by atoms with van der Waals surface area (Å²) in [5, 5.41) is 13.9. The number of aromatic amines is 1. The normalized spacial score (nSPS) is 17.8. The van der Waals surface area contributed by atoms with E-state index in [4.69, 9.17) is 16.6 Å². The van der Waals surface area contributed by atoms with Gasteiger partial charge in [-0.15, -0.1) is 5.10 Å². The lowest BCUT2D eigenvalue weighted by atomic mass is 10.1. The minimum absolute atomic E-state index is 0.0297. The van der Waals surface area contributed by atoms with Crippen LogP contribution in [0.2, 0.25) is 5.02 Å². The summed E-state index contributed by atoms with van der Waals surface area (Å²) in [6.45, 7) is 1.96. The van der Waals surface area contributed by atoms with Gasteiger partial charge in [-0.25, -0.2) is 14.4 Å². The minimum atomic E-state index is -0.718. The van der Waals surface area contributed by atoms with Gasteiger partial charge in [0, 0.05) is 23.2 Å². The molecule has 1 amide bonds. The van der Waals surface area contributed by atoms with E-state index in [0.717, 1.165) is 22.5 Å². The van der Waals surface area contributed by atoms with E-state index in [1.54, 1.807) is 16.8 Å². The molecule has 0 fully saturated rings. The van der Waals surface area contributed by atoms with E-state index in [-0.39, 0.29) is 39.7 Å².